The molecule has 0 spiro atoms. The molecule has 1 unspecified atom stereocenters. The van der Waals surface area contributed by atoms with Crippen molar-refractivity contribution in [1.82, 2.24) is 24.9 Å². The smallest absolute Gasteiger partial charge is 0.240 e. The van der Waals surface area contributed by atoms with E-state index in [1.54, 1.807) is 17.6 Å². The molecular formula is C22H19N5O2S2. The molecule has 9 heteroatoms. The van der Waals surface area contributed by atoms with Crippen LogP contribution in [0.1, 0.15) is 29.4 Å². The summed E-state index contributed by atoms with van der Waals surface area (Å²) in [7, 11) is 0. The average Bonchev–Trinajstić information content (AvgIpc) is 3.57. The lowest BCUT2D eigenvalue weighted by molar-refractivity contribution is 0.380. The molecule has 0 aliphatic rings. The quantitative estimate of drug-likeness (QED) is 0.288. The molecule has 0 aliphatic heterocycles. The minimum absolute atomic E-state index is 0.0921. The van der Waals surface area contributed by atoms with Crippen molar-refractivity contribution in [3.05, 3.63) is 77.4 Å². The summed E-state index contributed by atoms with van der Waals surface area (Å²) in [6.07, 6.45) is 1.67. The number of furan rings is 1. The Balaban J connectivity index is 1.46. The summed E-state index contributed by atoms with van der Waals surface area (Å²) >= 11 is 3.12. The van der Waals surface area contributed by atoms with Crippen molar-refractivity contribution in [1.29, 1.82) is 0 Å². The van der Waals surface area contributed by atoms with E-state index in [0.29, 0.717) is 18.3 Å². The summed E-state index contributed by atoms with van der Waals surface area (Å²) in [5.41, 5.74) is 2.18. The molecule has 4 heterocycles. The summed E-state index contributed by atoms with van der Waals surface area (Å²) in [5, 5.41) is 15.8. The number of hydrogen-bond acceptors (Lipinski definition) is 8. The van der Waals surface area contributed by atoms with E-state index in [0.717, 1.165) is 32.7 Å². The summed E-state index contributed by atoms with van der Waals surface area (Å²) in [5.74, 6) is 2.80. The minimum Gasteiger partial charge on any atom is -0.467 e. The van der Waals surface area contributed by atoms with Gasteiger partial charge in [0.25, 0.3) is 0 Å². The van der Waals surface area contributed by atoms with Crippen LogP contribution in [0.25, 0.3) is 22.1 Å². The van der Waals surface area contributed by atoms with Crippen LogP contribution in [0, 0.1) is 6.92 Å². The van der Waals surface area contributed by atoms with Gasteiger partial charge in [-0.25, -0.2) is 0 Å². The molecule has 0 amide bonds. The van der Waals surface area contributed by atoms with Crippen molar-refractivity contribution in [2.24, 2.45) is 0 Å². The van der Waals surface area contributed by atoms with Crippen molar-refractivity contribution in [2.45, 2.75) is 30.8 Å². The Labute approximate surface area is 187 Å². The van der Waals surface area contributed by atoms with Crippen LogP contribution in [0.15, 0.2) is 74.3 Å². The maximum absolute atomic E-state index is 5.59. The van der Waals surface area contributed by atoms with Gasteiger partial charge in [-0.15, -0.1) is 21.5 Å². The highest BCUT2D eigenvalue weighted by Crippen LogP contribution is 2.36. The monoisotopic (exact) mass is 449 g/mol. The Kier molecular flexibility index (Phi) is 5.44. The highest BCUT2D eigenvalue weighted by atomic mass is 32.2. The Hall–Kier alpha value is -3.17. The van der Waals surface area contributed by atoms with Gasteiger partial charge < -0.3 is 8.94 Å². The Morgan fingerprint density at radius 1 is 1.10 bits per heavy atom. The van der Waals surface area contributed by atoms with Crippen LogP contribution in [-0.4, -0.2) is 24.9 Å². The number of aromatic nitrogens is 5. The van der Waals surface area contributed by atoms with E-state index >= 15 is 0 Å². The molecule has 1 atom stereocenters. The maximum Gasteiger partial charge on any atom is 0.240 e. The average molecular weight is 450 g/mol. The van der Waals surface area contributed by atoms with Crippen LogP contribution >= 0.6 is 23.1 Å². The zero-order valence-corrected chi connectivity index (χ0v) is 18.6. The van der Waals surface area contributed by atoms with Gasteiger partial charge in [-0.05, 0) is 43.0 Å². The van der Waals surface area contributed by atoms with E-state index in [1.165, 1.54) is 11.8 Å². The Bertz CT molecular complexity index is 1280. The second-order valence-electron chi connectivity index (χ2n) is 6.98. The van der Waals surface area contributed by atoms with Crippen LogP contribution < -0.4 is 0 Å². The van der Waals surface area contributed by atoms with E-state index in [-0.39, 0.29) is 5.25 Å². The molecule has 0 radical (unpaired) electrons. The van der Waals surface area contributed by atoms with E-state index in [2.05, 4.69) is 44.0 Å². The van der Waals surface area contributed by atoms with E-state index in [4.69, 9.17) is 8.94 Å². The lowest BCUT2D eigenvalue weighted by Gasteiger charge is -2.11. The normalized spacial score (nSPS) is 12.3. The van der Waals surface area contributed by atoms with E-state index in [1.807, 2.05) is 48.7 Å². The second-order valence-corrected chi connectivity index (χ2v) is 9.24. The molecule has 0 fully saturated rings. The molecule has 156 valence electrons. The Morgan fingerprint density at radius 2 is 2.00 bits per heavy atom. The standard InChI is InChI=1S/C22H19N5O2S2/c1-14-7-3-4-9-17(14)20-24-25-22(27(20)13-16-8-5-11-28-16)31-15(2)21-23-19(26-29-21)18-10-6-12-30-18/h3-12,15H,13H2,1-2H3. The first-order valence-corrected chi connectivity index (χ1v) is 11.5. The minimum atomic E-state index is -0.0921. The first-order valence-electron chi connectivity index (χ1n) is 9.75. The SMILES string of the molecule is Cc1ccccc1-c1nnc(SC(C)c2nc(-c3cccs3)no2)n1Cc1ccco1. The Morgan fingerprint density at radius 3 is 2.77 bits per heavy atom. The summed E-state index contributed by atoms with van der Waals surface area (Å²) in [4.78, 5) is 5.55. The predicted octanol–water partition coefficient (Wildman–Crippen LogP) is 5.86. The molecular weight excluding hydrogens is 430 g/mol. The zero-order chi connectivity index (χ0) is 21.2. The third kappa shape index (κ3) is 4.06. The molecule has 5 aromatic rings. The number of thioether (sulfide) groups is 1. The highest BCUT2D eigenvalue weighted by Gasteiger charge is 2.23. The molecule has 0 saturated heterocycles. The van der Waals surface area contributed by atoms with Gasteiger partial charge in [0.05, 0.1) is 22.9 Å². The molecule has 0 aliphatic carbocycles. The van der Waals surface area contributed by atoms with Crippen LogP contribution in [0.4, 0.5) is 0 Å². The summed E-state index contributed by atoms with van der Waals surface area (Å²) in [6, 6.07) is 15.9. The molecule has 0 bridgehead atoms. The van der Waals surface area contributed by atoms with Gasteiger partial charge in [0.1, 0.15) is 5.76 Å². The maximum atomic E-state index is 5.59. The van der Waals surface area contributed by atoms with Crippen molar-refractivity contribution < 1.29 is 8.94 Å². The van der Waals surface area contributed by atoms with Gasteiger partial charge in [-0.3, -0.25) is 4.57 Å². The third-order valence-electron chi connectivity index (χ3n) is 4.81. The molecule has 7 nitrogen and oxygen atoms in total. The molecule has 5 rings (SSSR count). The van der Waals surface area contributed by atoms with Crippen molar-refractivity contribution >= 4 is 23.1 Å². The van der Waals surface area contributed by atoms with Crippen LogP contribution in [-0.2, 0) is 6.54 Å². The highest BCUT2D eigenvalue weighted by molar-refractivity contribution is 7.99. The summed E-state index contributed by atoms with van der Waals surface area (Å²) < 4.78 is 13.2. The van der Waals surface area contributed by atoms with Crippen LogP contribution in [0.5, 0.6) is 0 Å². The molecule has 0 N–H and O–H groups in total. The lowest BCUT2D eigenvalue weighted by Crippen LogP contribution is -2.05. The first-order chi connectivity index (χ1) is 15.2. The van der Waals surface area contributed by atoms with Gasteiger partial charge in [-0.2, -0.15) is 4.98 Å². The van der Waals surface area contributed by atoms with Gasteiger partial charge in [-0.1, -0.05) is 47.3 Å². The third-order valence-corrected chi connectivity index (χ3v) is 6.74. The van der Waals surface area contributed by atoms with Crippen molar-refractivity contribution in [3.8, 4) is 22.1 Å². The van der Waals surface area contributed by atoms with Crippen LogP contribution in [0.3, 0.4) is 0 Å². The topological polar surface area (TPSA) is 82.8 Å². The number of benzene rings is 1. The van der Waals surface area contributed by atoms with Gasteiger partial charge >= 0.3 is 0 Å². The number of nitrogens with zero attached hydrogens (tertiary/aromatic N) is 5. The van der Waals surface area contributed by atoms with Crippen LogP contribution in [0.2, 0.25) is 0 Å². The van der Waals surface area contributed by atoms with E-state index < -0.39 is 0 Å². The number of aryl methyl sites for hydroxylation is 1. The zero-order valence-electron chi connectivity index (χ0n) is 16.9. The summed E-state index contributed by atoms with van der Waals surface area (Å²) in [6.45, 7) is 4.62. The van der Waals surface area contributed by atoms with Gasteiger partial charge in [0.15, 0.2) is 11.0 Å². The number of thiophene rings is 1. The van der Waals surface area contributed by atoms with E-state index in [9.17, 15) is 0 Å². The lowest BCUT2D eigenvalue weighted by atomic mass is 10.1. The number of hydrogen-bond donors (Lipinski definition) is 0. The fourth-order valence-electron chi connectivity index (χ4n) is 3.21. The molecule has 31 heavy (non-hydrogen) atoms. The fraction of sp³-hybridized carbons (Fsp3) is 0.182. The largest absolute Gasteiger partial charge is 0.467 e. The molecule has 4 aromatic heterocycles. The molecule has 0 saturated carbocycles. The van der Waals surface area contributed by atoms with Crippen molar-refractivity contribution in [2.75, 3.05) is 0 Å². The number of rotatable bonds is 7. The van der Waals surface area contributed by atoms with Gasteiger partial charge in [0.2, 0.25) is 11.7 Å². The second kappa shape index (κ2) is 8.52. The first kappa shape index (κ1) is 19.8. The fourth-order valence-corrected chi connectivity index (χ4v) is 4.74. The van der Waals surface area contributed by atoms with Gasteiger partial charge in [0, 0.05) is 5.56 Å². The molecule has 1 aromatic carbocycles. The predicted molar refractivity (Wildman–Crippen MR) is 120 cm³/mol. The van der Waals surface area contributed by atoms with Crippen molar-refractivity contribution in [3.63, 3.8) is 0 Å².